The average molecular weight is 266 g/mol. The molecule has 0 amide bonds. The van der Waals surface area contributed by atoms with Gasteiger partial charge in [0.2, 0.25) is 0 Å². The highest BCUT2D eigenvalue weighted by atomic mass is 32.2. The number of benzene rings is 1. The largest absolute Gasteiger partial charge is 0.381 e. The van der Waals surface area contributed by atoms with Crippen molar-refractivity contribution < 1.29 is 13.7 Å². The molecule has 1 aromatic rings. The van der Waals surface area contributed by atoms with Crippen LogP contribution >= 0.6 is 0 Å². The van der Waals surface area contributed by atoms with Crippen molar-refractivity contribution in [3.05, 3.63) is 35.9 Å². The van der Waals surface area contributed by atoms with Crippen molar-refractivity contribution in [2.45, 2.75) is 24.5 Å². The number of hydrogen-bond acceptors (Lipinski definition) is 3. The lowest BCUT2D eigenvalue weighted by atomic mass is 10.1. The van der Waals surface area contributed by atoms with Gasteiger partial charge >= 0.3 is 0 Å². The minimum absolute atomic E-state index is 0.0796. The van der Waals surface area contributed by atoms with Crippen LogP contribution in [-0.2, 0) is 15.5 Å². The quantitative estimate of drug-likeness (QED) is 0.767. The predicted octanol–water partition coefficient (Wildman–Crippen LogP) is 2.19. The van der Waals surface area contributed by atoms with Crippen molar-refractivity contribution in [3.63, 3.8) is 0 Å². The third-order valence-corrected chi connectivity index (χ3v) is 4.99. The Hall–Kier alpha value is -1.00. The van der Waals surface area contributed by atoms with Gasteiger partial charge in [0.05, 0.1) is 0 Å². The summed E-state index contributed by atoms with van der Waals surface area (Å²) in [5, 5.41) is 0.210. The molecule has 1 aliphatic heterocycles. The number of rotatable bonds is 5. The Morgan fingerprint density at radius 3 is 2.56 bits per heavy atom. The monoisotopic (exact) mass is 266 g/mol. The van der Waals surface area contributed by atoms with Gasteiger partial charge in [0.1, 0.15) is 0 Å². The summed E-state index contributed by atoms with van der Waals surface area (Å²) in [6.07, 6.45) is 2.08. The van der Waals surface area contributed by atoms with Crippen LogP contribution in [0.15, 0.2) is 30.3 Å². The highest BCUT2D eigenvalue weighted by Gasteiger charge is 2.20. The molecule has 98 valence electrons. The molecule has 1 aliphatic rings. The van der Waals surface area contributed by atoms with Crippen LogP contribution in [0.1, 0.15) is 29.6 Å². The maximum absolute atomic E-state index is 12.0. The van der Waals surface area contributed by atoms with Gasteiger partial charge in [-0.1, -0.05) is 30.3 Å². The molecular weight excluding hydrogens is 248 g/mol. The van der Waals surface area contributed by atoms with Crippen LogP contribution in [0.5, 0.6) is 0 Å². The molecule has 0 N–H and O–H groups in total. The van der Waals surface area contributed by atoms with Gasteiger partial charge < -0.3 is 4.74 Å². The van der Waals surface area contributed by atoms with Crippen LogP contribution < -0.4 is 0 Å². The first-order valence-electron chi connectivity index (χ1n) is 6.30. The molecule has 0 radical (unpaired) electrons. The first-order valence-corrected chi connectivity index (χ1v) is 7.69. The molecule has 2 rings (SSSR count). The Labute approximate surface area is 110 Å². The molecule has 1 aromatic carbocycles. The van der Waals surface area contributed by atoms with Crippen molar-refractivity contribution in [1.29, 1.82) is 0 Å². The van der Waals surface area contributed by atoms with Gasteiger partial charge in [-0.25, -0.2) is 0 Å². The Morgan fingerprint density at radius 2 is 1.89 bits per heavy atom. The molecule has 0 bridgehead atoms. The van der Waals surface area contributed by atoms with E-state index < -0.39 is 10.8 Å². The Balaban J connectivity index is 1.80. The van der Waals surface area contributed by atoms with Crippen molar-refractivity contribution in [2.24, 2.45) is 0 Å². The Bertz CT molecular complexity index is 410. The standard InChI is InChI=1S/C14H18O3S/c15-14(12-4-2-1-3-5-12)8-11-18(16)13-6-9-17-10-7-13/h1-5,13H,6-11H2. The Kier molecular flexibility index (Phi) is 5.08. The second-order valence-corrected chi connectivity index (χ2v) is 6.27. The third kappa shape index (κ3) is 3.75. The molecule has 1 fully saturated rings. The topological polar surface area (TPSA) is 43.4 Å². The van der Waals surface area contributed by atoms with E-state index in [0.717, 1.165) is 12.8 Å². The van der Waals surface area contributed by atoms with Gasteiger partial charge in [0.15, 0.2) is 5.78 Å². The number of Topliss-reactive ketones (excluding diaryl/α,β-unsaturated/α-hetero) is 1. The number of hydrogen-bond donors (Lipinski definition) is 0. The maximum atomic E-state index is 12.0. The van der Waals surface area contributed by atoms with E-state index in [9.17, 15) is 9.00 Å². The van der Waals surface area contributed by atoms with Crippen LogP contribution in [0.25, 0.3) is 0 Å². The number of carbonyl (C=O) groups is 1. The van der Waals surface area contributed by atoms with Crippen molar-refractivity contribution in [3.8, 4) is 0 Å². The number of carbonyl (C=O) groups excluding carboxylic acids is 1. The molecule has 4 heteroatoms. The van der Waals surface area contributed by atoms with Crippen LogP contribution in [0.4, 0.5) is 0 Å². The molecule has 0 spiro atoms. The van der Waals surface area contributed by atoms with E-state index in [-0.39, 0.29) is 11.0 Å². The van der Waals surface area contributed by atoms with Gasteiger partial charge in [-0.15, -0.1) is 0 Å². The number of ether oxygens (including phenoxy) is 1. The van der Waals surface area contributed by atoms with E-state index in [2.05, 4.69) is 0 Å². The zero-order valence-electron chi connectivity index (χ0n) is 10.3. The normalized spacial score (nSPS) is 18.4. The summed E-state index contributed by atoms with van der Waals surface area (Å²) in [7, 11) is -0.902. The lowest BCUT2D eigenvalue weighted by Crippen LogP contribution is -2.27. The molecule has 1 saturated heterocycles. The van der Waals surface area contributed by atoms with Crippen molar-refractivity contribution in [1.82, 2.24) is 0 Å². The van der Waals surface area contributed by atoms with Crippen molar-refractivity contribution >= 4 is 16.6 Å². The third-order valence-electron chi connectivity index (χ3n) is 3.17. The fourth-order valence-electron chi connectivity index (χ4n) is 2.07. The highest BCUT2D eigenvalue weighted by Crippen LogP contribution is 2.14. The van der Waals surface area contributed by atoms with Gasteiger partial charge in [-0.3, -0.25) is 9.00 Å². The van der Waals surface area contributed by atoms with Gasteiger partial charge in [-0.2, -0.15) is 0 Å². The first-order chi connectivity index (χ1) is 8.77. The Morgan fingerprint density at radius 1 is 1.22 bits per heavy atom. The summed E-state index contributed by atoms with van der Waals surface area (Å²) in [6, 6.07) is 9.20. The summed E-state index contributed by atoms with van der Waals surface area (Å²) in [4.78, 5) is 11.9. The van der Waals surface area contributed by atoms with E-state index in [1.807, 2.05) is 18.2 Å². The minimum Gasteiger partial charge on any atom is -0.381 e. The van der Waals surface area contributed by atoms with Crippen LogP contribution in [-0.4, -0.2) is 34.2 Å². The van der Waals surface area contributed by atoms with E-state index in [1.165, 1.54) is 0 Å². The highest BCUT2D eigenvalue weighted by molar-refractivity contribution is 7.85. The summed E-state index contributed by atoms with van der Waals surface area (Å²) in [6.45, 7) is 1.39. The smallest absolute Gasteiger partial charge is 0.163 e. The molecule has 1 unspecified atom stereocenters. The molecule has 3 nitrogen and oxygen atoms in total. The van der Waals surface area contributed by atoms with E-state index >= 15 is 0 Å². The molecule has 1 heterocycles. The maximum Gasteiger partial charge on any atom is 0.163 e. The SMILES string of the molecule is O=C(CCS(=O)C1CCOCC1)c1ccccc1. The van der Waals surface area contributed by atoms with Gasteiger partial charge in [-0.05, 0) is 12.8 Å². The summed E-state index contributed by atoms with van der Waals surface area (Å²) >= 11 is 0. The average Bonchev–Trinajstić information content (AvgIpc) is 2.46. The minimum atomic E-state index is -0.902. The van der Waals surface area contributed by atoms with Crippen LogP contribution in [0.3, 0.4) is 0 Å². The number of ketones is 1. The summed E-state index contributed by atoms with van der Waals surface area (Å²) < 4.78 is 17.3. The molecule has 0 aromatic heterocycles. The molecule has 0 aliphatic carbocycles. The lowest BCUT2D eigenvalue weighted by Gasteiger charge is -2.21. The second kappa shape index (κ2) is 6.81. The van der Waals surface area contributed by atoms with E-state index in [0.29, 0.717) is 31.0 Å². The predicted molar refractivity (Wildman–Crippen MR) is 72.2 cm³/mol. The van der Waals surface area contributed by atoms with E-state index in [1.54, 1.807) is 12.1 Å². The second-order valence-electron chi connectivity index (χ2n) is 4.44. The van der Waals surface area contributed by atoms with Gasteiger partial charge in [0, 0.05) is 47.0 Å². The molecule has 0 saturated carbocycles. The molecular formula is C14H18O3S. The molecule has 1 atom stereocenters. The van der Waals surface area contributed by atoms with E-state index in [4.69, 9.17) is 4.74 Å². The van der Waals surface area contributed by atoms with Crippen molar-refractivity contribution in [2.75, 3.05) is 19.0 Å². The summed E-state index contributed by atoms with van der Waals surface area (Å²) in [5.41, 5.74) is 0.710. The lowest BCUT2D eigenvalue weighted by molar-refractivity contribution is 0.0983. The van der Waals surface area contributed by atoms with Gasteiger partial charge in [0.25, 0.3) is 0 Å². The van der Waals surface area contributed by atoms with Crippen LogP contribution in [0, 0.1) is 0 Å². The first kappa shape index (κ1) is 13.4. The fourth-order valence-corrected chi connectivity index (χ4v) is 3.51. The van der Waals surface area contributed by atoms with Crippen LogP contribution in [0.2, 0.25) is 0 Å². The zero-order chi connectivity index (χ0) is 12.8. The zero-order valence-corrected chi connectivity index (χ0v) is 11.2. The summed E-state index contributed by atoms with van der Waals surface area (Å²) in [5.74, 6) is 0.550. The molecule has 18 heavy (non-hydrogen) atoms. The fraction of sp³-hybridized carbons (Fsp3) is 0.500.